The number of nitrogens with zero attached hydrogens (tertiary/aromatic N) is 2. The zero-order valence-electron chi connectivity index (χ0n) is 12.2. The number of rotatable bonds is 3. The molecule has 8 nitrogen and oxygen atoms in total. The SMILES string of the molecule is COc1ncc(C=C2Oc3c(ccc(O)c3O)C2=O)c(OC)n1. The van der Waals surface area contributed by atoms with Gasteiger partial charge in [0.05, 0.1) is 25.3 Å². The minimum atomic E-state index is -0.489. The number of hydrogen-bond acceptors (Lipinski definition) is 8. The van der Waals surface area contributed by atoms with Gasteiger partial charge >= 0.3 is 6.01 Å². The molecular weight excluding hydrogens is 304 g/mol. The van der Waals surface area contributed by atoms with Crippen LogP contribution in [0, 0.1) is 0 Å². The predicted molar refractivity (Wildman–Crippen MR) is 77.8 cm³/mol. The van der Waals surface area contributed by atoms with E-state index in [0.717, 1.165) is 0 Å². The molecule has 0 amide bonds. The summed E-state index contributed by atoms with van der Waals surface area (Å²) in [7, 11) is 2.84. The van der Waals surface area contributed by atoms with E-state index in [-0.39, 0.29) is 34.7 Å². The topological polar surface area (TPSA) is 111 Å². The maximum atomic E-state index is 12.3. The Balaban J connectivity index is 2.03. The van der Waals surface area contributed by atoms with Crippen LogP contribution < -0.4 is 14.2 Å². The number of hydrogen-bond donors (Lipinski definition) is 2. The summed E-state index contributed by atoms with van der Waals surface area (Å²) in [5, 5.41) is 19.2. The number of methoxy groups -OCH3 is 2. The molecule has 0 aliphatic carbocycles. The van der Waals surface area contributed by atoms with Crippen molar-refractivity contribution in [3.63, 3.8) is 0 Å². The molecule has 8 heteroatoms. The average molecular weight is 316 g/mol. The number of carbonyl (C=O) groups excluding carboxylic acids is 1. The van der Waals surface area contributed by atoms with Crippen molar-refractivity contribution in [2.45, 2.75) is 0 Å². The summed E-state index contributed by atoms with van der Waals surface area (Å²) >= 11 is 0. The summed E-state index contributed by atoms with van der Waals surface area (Å²) in [6.07, 6.45) is 2.80. The Labute approximate surface area is 130 Å². The second-order valence-corrected chi connectivity index (χ2v) is 4.57. The maximum absolute atomic E-state index is 12.3. The Morgan fingerprint density at radius 2 is 2.00 bits per heavy atom. The highest BCUT2D eigenvalue weighted by Gasteiger charge is 2.31. The molecule has 23 heavy (non-hydrogen) atoms. The van der Waals surface area contributed by atoms with Crippen molar-refractivity contribution in [3.8, 4) is 29.1 Å². The van der Waals surface area contributed by atoms with Crippen LogP contribution in [-0.4, -0.2) is 40.2 Å². The number of phenolic OH excluding ortho intramolecular Hbond substituents is 2. The van der Waals surface area contributed by atoms with Crippen molar-refractivity contribution >= 4 is 11.9 Å². The number of ketones is 1. The lowest BCUT2D eigenvalue weighted by Gasteiger charge is -2.06. The molecule has 3 rings (SSSR count). The van der Waals surface area contributed by atoms with Gasteiger partial charge in [0.2, 0.25) is 17.4 Å². The molecule has 1 aromatic heterocycles. The van der Waals surface area contributed by atoms with E-state index in [0.29, 0.717) is 5.56 Å². The van der Waals surface area contributed by atoms with E-state index in [1.54, 1.807) is 0 Å². The van der Waals surface area contributed by atoms with E-state index in [9.17, 15) is 15.0 Å². The summed E-state index contributed by atoms with van der Waals surface area (Å²) in [5.74, 6) is -1.24. The van der Waals surface area contributed by atoms with E-state index in [4.69, 9.17) is 14.2 Å². The van der Waals surface area contributed by atoms with Crippen LogP contribution in [0.4, 0.5) is 0 Å². The Kier molecular flexibility index (Phi) is 3.49. The quantitative estimate of drug-likeness (QED) is 0.647. The second kappa shape index (κ2) is 5.48. The first-order valence-electron chi connectivity index (χ1n) is 6.49. The molecule has 0 saturated heterocycles. The minimum Gasteiger partial charge on any atom is -0.504 e. The molecule has 118 valence electrons. The summed E-state index contributed by atoms with van der Waals surface area (Å²) in [6, 6.07) is 2.71. The number of aromatic nitrogens is 2. The van der Waals surface area contributed by atoms with Gasteiger partial charge in [-0.15, -0.1) is 0 Å². The van der Waals surface area contributed by atoms with Gasteiger partial charge in [-0.25, -0.2) is 4.98 Å². The number of aromatic hydroxyl groups is 2. The van der Waals surface area contributed by atoms with E-state index >= 15 is 0 Å². The largest absolute Gasteiger partial charge is 0.504 e. The van der Waals surface area contributed by atoms with Crippen molar-refractivity contribution in [2.75, 3.05) is 14.2 Å². The van der Waals surface area contributed by atoms with Crippen LogP contribution in [0.25, 0.3) is 6.08 Å². The molecule has 0 saturated carbocycles. The van der Waals surface area contributed by atoms with Crippen LogP contribution in [0.15, 0.2) is 24.1 Å². The van der Waals surface area contributed by atoms with E-state index in [1.807, 2.05) is 0 Å². The van der Waals surface area contributed by atoms with Crippen LogP contribution in [-0.2, 0) is 0 Å². The first-order valence-corrected chi connectivity index (χ1v) is 6.49. The van der Waals surface area contributed by atoms with E-state index < -0.39 is 11.5 Å². The number of Topliss-reactive ketones (excluding diaryl/α,β-unsaturated/α-hetero) is 1. The fourth-order valence-electron chi connectivity index (χ4n) is 2.09. The molecule has 2 aromatic rings. The standard InChI is InChI=1S/C15H12N2O6/c1-21-14-7(6-16-15(17-14)22-2)5-10-11(19)8-3-4-9(18)12(20)13(8)23-10/h3-6,18,20H,1-2H3. The molecule has 1 aliphatic rings. The molecular formula is C15H12N2O6. The number of phenols is 2. The summed E-state index contributed by atoms with van der Waals surface area (Å²) in [5.41, 5.74) is 0.549. The van der Waals surface area contributed by atoms with Crippen LogP contribution in [0.1, 0.15) is 15.9 Å². The third kappa shape index (κ3) is 2.39. The third-order valence-electron chi connectivity index (χ3n) is 3.21. The number of benzene rings is 1. The lowest BCUT2D eigenvalue weighted by Crippen LogP contribution is -2.01. The van der Waals surface area contributed by atoms with Gasteiger partial charge in [-0.2, -0.15) is 4.98 Å². The van der Waals surface area contributed by atoms with Gasteiger partial charge in [0.15, 0.2) is 17.3 Å². The lowest BCUT2D eigenvalue weighted by molar-refractivity contribution is 0.101. The normalized spacial score (nSPS) is 14.5. The third-order valence-corrected chi connectivity index (χ3v) is 3.21. The molecule has 1 aliphatic heterocycles. The zero-order chi connectivity index (χ0) is 16.6. The van der Waals surface area contributed by atoms with Crippen molar-refractivity contribution in [2.24, 2.45) is 0 Å². The monoisotopic (exact) mass is 316 g/mol. The number of ether oxygens (including phenoxy) is 3. The molecule has 1 aromatic carbocycles. The smallest absolute Gasteiger partial charge is 0.319 e. The number of carbonyl (C=O) groups is 1. The highest BCUT2D eigenvalue weighted by molar-refractivity contribution is 6.15. The minimum absolute atomic E-state index is 0.0482. The predicted octanol–water partition coefficient (Wildman–Crippen LogP) is 1.52. The van der Waals surface area contributed by atoms with Gasteiger partial charge in [0.25, 0.3) is 0 Å². The maximum Gasteiger partial charge on any atom is 0.319 e. The zero-order valence-corrected chi connectivity index (χ0v) is 12.2. The van der Waals surface area contributed by atoms with Crippen LogP contribution in [0.2, 0.25) is 0 Å². The molecule has 0 radical (unpaired) electrons. The average Bonchev–Trinajstić information content (AvgIpc) is 2.88. The van der Waals surface area contributed by atoms with Crippen molar-refractivity contribution < 1.29 is 29.2 Å². The van der Waals surface area contributed by atoms with Gasteiger partial charge in [-0.3, -0.25) is 4.79 Å². The van der Waals surface area contributed by atoms with Crippen LogP contribution >= 0.6 is 0 Å². The summed E-state index contributed by atoms with van der Waals surface area (Å²) in [4.78, 5) is 20.2. The summed E-state index contributed by atoms with van der Waals surface area (Å²) < 4.78 is 15.4. The molecule has 2 heterocycles. The first-order chi connectivity index (χ1) is 11.0. The fraction of sp³-hybridized carbons (Fsp3) is 0.133. The molecule has 0 atom stereocenters. The fourth-order valence-corrected chi connectivity index (χ4v) is 2.09. The van der Waals surface area contributed by atoms with Crippen LogP contribution in [0.5, 0.6) is 29.1 Å². The Morgan fingerprint density at radius 3 is 2.70 bits per heavy atom. The molecule has 0 bridgehead atoms. The highest BCUT2D eigenvalue weighted by Crippen LogP contribution is 2.44. The van der Waals surface area contributed by atoms with Gasteiger partial charge in [-0.1, -0.05) is 0 Å². The van der Waals surface area contributed by atoms with Crippen LogP contribution in [0.3, 0.4) is 0 Å². The van der Waals surface area contributed by atoms with Gasteiger partial charge in [0.1, 0.15) is 0 Å². The summed E-state index contributed by atoms with van der Waals surface area (Å²) in [6.45, 7) is 0. The highest BCUT2D eigenvalue weighted by atomic mass is 16.5. The number of fused-ring (bicyclic) bond motifs is 1. The van der Waals surface area contributed by atoms with Gasteiger partial charge in [0, 0.05) is 6.20 Å². The number of allylic oxidation sites excluding steroid dienone is 1. The Hall–Kier alpha value is -3.29. The van der Waals surface area contributed by atoms with Crippen molar-refractivity contribution in [1.29, 1.82) is 0 Å². The molecule has 0 unspecified atom stereocenters. The van der Waals surface area contributed by atoms with E-state index in [2.05, 4.69) is 9.97 Å². The first kappa shape index (κ1) is 14.6. The Morgan fingerprint density at radius 1 is 1.22 bits per heavy atom. The van der Waals surface area contributed by atoms with E-state index in [1.165, 1.54) is 38.6 Å². The molecule has 2 N–H and O–H groups in total. The Bertz CT molecular complexity index is 831. The van der Waals surface area contributed by atoms with Gasteiger partial charge < -0.3 is 24.4 Å². The van der Waals surface area contributed by atoms with Crippen molar-refractivity contribution in [3.05, 3.63) is 35.2 Å². The van der Waals surface area contributed by atoms with Crippen molar-refractivity contribution in [1.82, 2.24) is 9.97 Å². The molecule has 0 spiro atoms. The molecule has 0 fully saturated rings. The lowest BCUT2D eigenvalue weighted by atomic mass is 10.1. The van der Waals surface area contributed by atoms with Gasteiger partial charge in [-0.05, 0) is 18.2 Å². The second-order valence-electron chi connectivity index (χ2n) is 4.57.